The molecule has 7 nitrogen and oxygen atoms in total. The number of likely N-dealkylation sites (N-methyl/N-ethyl adjacent to an activating group) is 1. The zero-order chi connectivity index (χ0) is 23.9. The molecule has 0 atom stereocenters. The second-order valence-electron chi connectivity index (χ2n) is 9.95. The average Bonchev–Trinajstić information content (AvgIpc) is 2.87. The van der Waals surface area contributed by atoms with Gasteiger partial charge in [0.1, 0.15) is 0 Å². The molecule has 35 heavy (non-hydrogen) atoms. The Labute approximate surface area is 205 Å². The molecule has 3 aromatic rings. The fourth-order valence-corrected chi connectivity index (χ4v) is 5.66. The predicted octanol–water partition coefficient (Wildman–Crippen LogP) is 4.49. The van der Waals surface area contributed by atoms with Crippen molar-refractivity contribution in [1.29, 1.82) is 0 Å². The second kappa shape index (κ2) is 8.96. The SMILES string of the molecule is CN1CCN(c2ccnc3cc4c(cc23)N(C(=O)Nc2ccc3c(c2)CCCC3=O)CCC4)CC1. The summed E-state index contributed by atoms with van der Waals surface area (Å²) in [6, 6.07) is 12.0. The number of hydrogen-bond acceptors (Lipinski definition) is 5. The highest BCUT2D eigenvalue weighted by Crippen LogP contribution is 2.36. The van der Waals surface area contributed by atoms with Crippen molar-refractivity contribution in [2.24, 2.45) is 0 Å². The van der Waals surface area contributed by atoms with E-state index < -0.39 is 0 Å². The molecule has 2 aliphatic heterocycles. The normalized spacial score (nSPS) is 18.4. The third-order valence-electron chi connectivity index (χ3n) is 7.63. The molecular weight excluding hydrogens is 438 g/mol. The van der Waals surface area contributed by atoms with Crippen molar-refractivity contribution in [3.05, 3.63) is 59.3 Å². The zero-order valence-corrected chi connectivity index (χ0v) is 20.2. The molecule has 7 heteroatoms. The maximum atomic E-state index is 13.4. The first-order valence-corrected chi connectivity index (χ1v) is 12.7. The van der Waals surface area contributed by atoms with Crippen LogP contribution in [0.2, 0.25) is 0 Å². The molecule has 6 rings (SSSR count). The van der Waals surface area contributed by atoms with Crippen LogP contribution < -0.4 is 15.1 Å². The summed E-state index contributed by atoms with van der Waals surface area (Å²) < 4.78 is 0. The minimum Gasteiger partial charge on any atom is -0.368 e. The van der Waals surface area contributed by atoms with Gasteiger partial charge in [-0.1, -0.05) is 0 Å². The Balaban J connectivity index is 1.31. The van der Waals surface area contributed by atoms with E-state index in [2.05, 4.69) is 45.3 Å². The van der Waals surface area contributed by atoms with Crippen molar-refractivity contribution in [2.45, 2.75) is 32.1 Å². The van der Waals surface area contributed by atoms with Crippen LogP contribution in [0.5, 0.6) is 0 Å². The molecule has 2 aromatic carbocycles. The van der Waals surface area contributed by atoms with Gasteiger partial charge in [0.25, 0.3) is 0 Å². The van der Waals surface area contributed by atoms with E-state index in [-0.39, 0.29) is 11.8 Å². The van der Waals surface area contributed by atoms with Crippen LogP contribution in [0.4, 0.5) is 21.9 Å². The van der Waals surface area contributed by atoms with Gasteiger partial charge >= 0.3 is 6.03 Å². The van der Waals surface area contributed by atoms with Gasteiger partial charge in [0.05, 0.1) is 5.52 Å². The van der Waals surface area contributed by atoms with Crippen molar-refractivity contribution in [3.63, 3.8) is 0 Å². The van der Waals surface area contributed by atoms with Crippen molar-refractivity contribution in [3.8, 4) is 0 Å². The topological polar surface area (TPSA) is 68.8 Å². The number of urea groups is 1. The van der Waals surface area contributed by atoms with Crippen LogP contribution >= 0.6 is 0 Å². The van der Waals surface area contributed by atoms with E-state index >= 15 is 0 Å². The molecule has 1 aliphatic carbocycles. The summed E-state index contributed by atoms with van der Waals surface area (Å²) in [5.74, 6) is 0.200. The van der Waals surface area contributed by atoms with Gasteiger partial charge in [-0.3, -0.25) is 14.7 Å². The minimum atomic E-state index is -0.127. The van der Waals surface area contributed by atoms with Gasteiger partial charge in [-0.2, -0.15) is 0 Å². The highest BCUT2D eigenvalue weighted by Gasteiger charge is 2.26. The van der Waals surface area contributed by atoms with Crippen molar-refractivity contribution < 1.29 is 9.59 Å². The van der Waals surface area contributed by atoms with Gasteiger partial charge in [-0.15, -0.1) is 0 Å². The van der Waals surface area contributed by atoms with Crippen LogP contribution in [0, 0.1) is 0 Å². The highest BCUT2D eigenvalue weighted by molar-refractivity contribution is 6.06. The predicted molar refractivity (Wildman–Crippen MR) is 140 cm³/mol. The quantitative estimate of drug-likeness (QED) is 0.599. The van der Waals surface area contributed by atoms with E-state index in [9.17, 15) is 9.59 Å². The number of carbonyl (C=O) groups is 2. The Morgan fingerprint density at radius 1 is 0.886 bits per heavy atom. The second-order valence-corrected chi connectivity index (χ2v) is 9.95. The molecule has 0 bridgehead atoms. The molecule has 3 heterocycles. The zero-order valence-electron chi connectivity index (χ0n) is 20.2. The van der Waals surface area contributed by atoms with Gasteiger partial charge in [0.2, 0.25) is 0 Å². The summed E-state index contributed by atoms with van der Waals surface area (Å²) in [4.78, 5) is 36.9. The number of piperazine rings is 1. The lowest BCUT2D eigenvalue weighted by Gasteiger charge is -2.35. The Hall–Kier alpha value is -3.45. The van der Waals surface area contributed by atoms with Crippen LogP contribution in [0.25, 0.3) is 10.9 Å². The van der Waals surface area contributed by atoms with Crippen LogP contribution in [0.3, 0.4) is 0 Å². The summed E-state index contributed by atoms with van der Waals surface area (Å²) in [6.45, 7) is 4.72. The number of amides is 2. The molecule has 1 fully saturated rings. The Kier molecular flexibility index (Phi) is 5.65. The van der Waals surface area contributed by atoms with Gasteiger partial charge in [-0.05, 0) is 80.3 Å². The Morgan fingerprint density at radius 3 is 2.57 bits per heavy atom. The maximum absolute atomic E-state index is 13.4. The molecule has 2 amide bonds. The molecule has 0 spiro atoms. The molecule has 0 unspecified atom stereocenters. The summed E-state index contributed by atoms with van der Waals surface area (Å²) in [7, 11) is 2.16. The first-order chi connectivity index (χ1) is 17.1. The molecule has 1 aromatic heterocycles. The number of hydrogen-bond donors (Lipinski definition) is 1. The van der Waals surface area contributed by atoms with E-state index in [0.29, 0.717) is 13.0 Å². The number of aromatic nitrogens is 1. The first kappa shape index (κ1) is 22.0. The molecule has 0 radical (unpaired) electrons. The number of nitrogens with one attached hydrogen (secondary N) is 1. The molecule has 1 saturated heterocycles. The van der Waals surface area contributed by atoms with Gasteiger partial charge in [-0.25, -0.2) is 4.79 Å². The first-order valence-electron chi connectivity index (χ1n) is 12.7. The van der Waals surface area contributed by atoms with Crippen molar-refractivity contribution in [2.75, 3.05) is 54.9 Å². The highest BCUT2D eigenvalue weighted by atomic mass is 16.2. The Morgan fingerprint density at radius 2 is 1.71 bits per heavy atom. The number of fused-ring (bicyclic) bond motifs is 3. The number of nitrogens with zero attached hydrogens (tertiary/aromatic N) is 4. The van der Waals surface area contributed by atoms with Gasteiger partial charge in [0.15, 0.2) is 5.78 Å². The molecular formula is C28H31N5O2. The fraction of sp³-hybridized carbons (Fsp3) is 0.393. The van der Waals surface area contributed by atoms with Gasteiger partial charge < -0.3 is 15.1 Å². The van der Waals surface area contributed by atoms with E-state index in [1.807, 2.05) is 29.3 Å². The fourth-order valence-electron chi connectivity index (χ4n) is 5.66. The van der Waals surface area contributed by atoms with Crippen LogP contribution in [-0.2, 0) is 12.8 Å². The van der Waals surface area contributed by atoms with Crippen LogP contribution in [0.15, 0.2) is 42.6 Å². The number of ketones is 1. The maximum Gasteiger partial charge on any atom is 0.326 e. The third-order valence-corrected chi connectivity index (χ3v) is 7.63. The van der Waals surface area contributed by atoms with Crippen LogP contribution in [0.1, 0.15) is 40.7 Å². The summed E-state index contributed by atoms with van der Waals surface area (Å²) in [5, 5.41) is 4.19. The lowest BCUT2D eigenvalue weighted by atomic mass is 9.90. The smallest absolute Gasteiger partial charge is 0.326 e. The number of carbonyl (C=O) groups excluding carboxylic acids is 2. The molecule has 180 valence electrons. The minimum absolute atomic E-state index is 0.127. The lowest BCUT2D eigenvalue weighted by Crippen LogP contribution is -2.44. The number of anilines is 3. The largest absolute Gasteiger partial charge is 0.368 e. The van der Waals surface area contributed by atoms with E-state index in [1.165, 1.54) is 5.69 Å². The number of aryl methyl sites for hydroxylation is 2. The summed E-state index contributed by atoms with van der Waals surface area (Å²) >= 11 is 0. The average molecular weight is 470 g/mol. The van der Waals surface area contributed by atoms with Crippen LogP contribution in [-0.4, -0.2) is 61.5 Å². The Bertz CT molecular complexity index is 1310. The molecule has 0 saturated carbocycles. The number of Topliss-reactive ketones (excluding diaryl/α,β-unsaturated/α-hetero) is 1. The number of benzene rings is 2. The van der Waals surface area contributed by atoms with E-state index in [1.54, 1.807) is 0 Å². The van der Waals surface area contributed by atoms with Gasteiger partial charge in [0, 0.05) is 73.4 Å². The molecule has 1 N–H and O–H groups in total. The number of rotatable bonds is 2. The number of pyridine rings is 1. The summed E-state index contributed by atoms with van der Waals surface area (Å²) in [6.07, 6.45) is 6.13. The molecule has 3 aliphatic rings. The van der Waals surface area contributed by atoms with E-state index in [4.69, 9.17) is 0 Å². The monoisotopic (exact) mass is 469 g/mol. The van der Waals surface area contributed by atoms with Crippen molar-refractivity contribution >= 4 is 39.8 Å². The third kappa shape index (κ3) is 4.14. The lowest BCUT2D eigenvalue weighted by molar-refractivity contribution is 0.0972. The standard InChI is InChI=1S/C28H31N5O2/c1-31-12-14-32(15-13-31)25-9-10-29-24-17-20-5-3-11-33(26(20)18-23(24)25)28(35)30-21-7-8-22-19(16-21)4-2-6-27(22)34/h7-10,16-18H,2-6,11-15H2,1H3,(H,30,35). The van der Waals surface area contributed by atoms with E-state index in [0.717, 1.165) is 90.8 Å². The van der Waals surface area contributed by atoms with Crippen molar-refractivity contribution in [1.82, 2.24) is 9.88 Å². The summed E-state index contributed by atoms with van der Waals surface area (Å²) in [5.41, 5.74) is 6.89.